The van der Waals surface area contributed by atoms with E-state index in [0.717, 1.165) is 23.7 Å². The van der Waals surface area contributed by atoms with Crippen molar-refractivity contribution in [1.29, 1.82) is 0 Å². The van der Waals surface area contributed by atoms with Crippen molar-refractivity contribution < 1.29 is 9.53 Å². The Morgan fingerprint density at radius 2 is 2.32 bits per heavy atom. The van der Waals surface area contributed by atoms with E-state index < -0.39 is 0 Å². The van der Waals surface area contributed by atoms with Crippen LogP contribution in [-0.4, -0.2) is 25.1 Å². The van der Waals surface area contributed by atoms with Gasteiger partial charge in [-0.3, -0.25) is 4.79 Å². The molecule has 0 heterocycles. The van der Waals surface area contributed by atoms with Crippen molar-refractivity contribution in [1.82, 2.24) is 5.32 Å². The molecule has 1 fully saturated rings. The second-order valence-corrected chi connectivity index (χ2v) is 5.76. The molecule has 0 radical (unpaired) electrons. The molecule has 2 atom stereocenters. The van der Waals surface area contributed by atoms with Gasteiger partial charge in [0.15, 0.2) is 6.61 Å². The third kappa shape index (κ3) is 4.21. The van der Waals surface area contributed by atoms with Crippen molar-refractivity contribution >= 4 is 21.8 Å². The van der Waals surface area contributed by atoms with Crippen molar-refractivity contribution in [3.05, 3.63) is 28.7 Å². The van der Waals surface area contributed by atoms with Crippen molar-refractivity contribution in [2.45, 2.75) is 25.3 Å². The molecule has 0 bridgehead atoms. The molecule has 1 saturated carbocycles. The fourth-order valence-electron chi connectivity index (χ4n) is 2.46. The van der Waals surface area contributed by atoms with Crippen LogP contribution in [0, 0.1) is 5.92 Å². The van der Waals surface area contributed by atoms with Gasteiger partial charge in [-0.2, -0.15) is 0 Å². The highest BCUT2D eigenvalue weighted by Gasteiger charge is 2.27. The Balaban J connectivity index is 1.78. The first kappa shape index (κ1) is 14.3. The molecule has 0 aliphatic heterocycles. The van der Waals surface area contributed by atoms with Crippen LogP contribution < -0.4 is 15.8 Å². The summed E-state index contributed by atoms with van der Waals surface area (Å²) in [6.07, 6.45) is 3.26. The Bertz CT molecular complexity index is 439. The predicted molar refractivity (Wildman–Crippen MR) is 78.0 cm³/mol. The summed E-state index contributed by atoms with van der Waals surface area (Å²) in [5, 5.41) is 3.01. The summed E-state index contributed by atoms with van der Waals surface area (Å²) in [5.41, 5.74) is 5.69. The van der Waals surface area contributed by atoms with Crippen molar-refractivity contribution in [3.63, 3.8) is 0 Å². The summed E-state index contributed by atoms with van der Waals surface area (Å²) in [7, 11) is 0. The van der Waals surface area contributed by atoms with Gasteiger partial charge in [-0.1, -0.05) is 28.4 Å². The first-order valence-corrected chi connectivity index (χ1v) is 7.36. The maximum absolute atomic E-state index is 11.8. The van der Waals surface area contributed by atoms with E-state index in [4.69, 9.17) is 10.5 Å². The molecule has 0 spiro atoms. The molecule has 2 unspecified atom stereocenters. The first-order chi connectivity index (χ1) is 9.19. The third-order valence-corrected chi connectivity index (χ3v) is 3.97. The summed E-state index contributed by atoms with van der Waals surface area (Å²) in [6, 6.07) is 7.67. The minimum absolute atomic E-state index is 0.0459. The molecule has 0 aromatic heterocycles. The predicted octanol–water partition coefficient (Wildman–Crippen LogP) is 2.07. The zero-order valence-electron chi connectivity index (χ0n) is 10.8. The van der Waals surface area contributed by atoms with Crippen LogP contribution >= 0.6 is 15.9 Å². The van der Waals surface area contributed by atoms with E-state index >= 15 is 0 Å². The van der Waals surface area contributed by atoms with Gasteiger partial charge in [-0.25, -0.2) is 0 Å². The Labute approximate surface area is 121 Å². The number of carbonyl (C=O) groups is 1. The van der Waals surface area contributed by atoms with Crippen LogP contribution in [0.2, 0.25) is 0 Å². The number of carbonyl (C=O) groups excluding carboxylic acids is 1. The average Bonchev–Trinajstić information content (AvgIpc) is 2.84. The number of rotatable bonds is 5. The number of nitrogens with two attached hydrogens (primary N) is 1. The van der Waals surface area contributed by atoms with Crippen LogP contribution in [0.5, 0.6) is 5.75 Å². The van der Waals surface area contributed by atoms with Gasteiger partial charge in [0.05, 0.1) is 0 Å². The molecule has 1 aliphatic carbocycles. The lowest BCUT2D eigenvalue weighted by molar-refractivity contribution is -0.124. The largest absolute Gasteiger partial charge is 0.484 e. The van der Waals surface area contributed by atoms with E-state index in [-0.39, 0.29) is 18.6 Å². The third-order valence-electron chi connectivity index (χ3n) is 3.47. The van der Waals surface area contributed by atoms with E-state index in [0.29, 0.717) is 18.2 Å². The van der Waals surface area contributed by atoms with Crippen molar-refractivity contribution in [2.24, 2.45) is 11.7 Å². The van der Waals surface area contributed by atoms with Gasteiger partial charge >= 0.3 is 0 Å². The summed E-state index contributed by atoms with van der Waals surface area (Å²) in [4.78, 5) is 11.8. The van der Waals surface area contributed by atoms with Crippen molar-refractivity contribution in [2.75, 3.05) is 13.2 Å². The number of amides is 1. The number of nitrogens with one attached hydrogen (secondary N) is 1. The minimum Gasteiger partial charge on any atom is -0.484 e. The van der Waals surface area contributed by atoms with E-state index in [2.05, 4.69) is 21.2 Å². The van der Waals surface area contributed by atoms with Crippen LogP contribution in [0.3, 0.4) is 0 Å². The van der Waals surface area contributed by atoms with Crippen LogP contribution in [0.4, 0.5) is 0 Å². The molecule has 1 aliphatic rings. The maximum atomic E-state index is 11.8. The molecule has 1 amide bonds. The van der Waals surface area contributed by atoms with Gasteiger partial charge in [-0.05, 0) is 43.5 Å². The van der Waals surface area contributed by atoms with Crippen LogP contribution in [0.25, 0.3) is 0 Å². The molecular formula is C14H19BrN2O2. The fourth-order valence-corrected chi connectivity index (χ4v) is 2.84. The smallest absolute Gasteiger partial charge is 0.258 e. The number of hydrogen-bond donors (Lipinski definition) is 2. The lowest BCUT2D eigenvalue weighted by Crippen LogP contribution is -2.42. The molecule has 3 N–H and O–H groups in total. The van der Waals surface area contributed by atoms with Gasteiger partial charge in [0, 0.05) is 10.5 Å². The second-order valence-electron chi connectivity index (χ2n) is 4.85. The van der Waals surface area contributed by atoms with Gasteiger partial charge in [0.1, 0.15) is 5.75 Å². The van der Waals surface area contributed by atoms with Crippen LogP contribution in [-0.2, 0) is 4.79 Å². The molecule has 1 aromatic rings. The first-order valence-electron chi connectivity index (χ1n) is 6.57. The van der Waals surface area contributed by atoms with Crippen LogP contribution in [0.1, 0.15) is 19.3 Å². The average molecular weight is 327 g/mol. The normalized spacial score (nSPS) is 22.2. The molecule has 19 heavy (non-hydrogen) atoms. The zero-order chi connectivity index (χ0) is 13.7. The lowest BCUT2D eigenvalue weighted by atomic mass is 10.0. The SMILES string of the molecule is NCC1CCCC1NC(=O)COc1cccc(Br)c1. The highest BCUT2D eigenvalue weighted by molar-refractivity contribution is 9.10. The monoisotopic (exact) mass is 326 g/mol. The molecular weight excluding hydrogens is 308 g/mol. The highest BCUT2D eigenvalue weighted by atomic mass is 79.9. The molecule has 5 heteroatoms. The van der Waals surface area contributed by atoms with E-state index in [1.807, 2.05) is 24.3 Å². The number of benzene rings is 1. The van der Waals surface area contributed by atoms with E-state index in [9.17, 15) is 4.79 Å². The van der Waals surface area contributed by atoms with E-state index in [1.165, 1.54) is 0 Å². The Hall–Kier alpha value is -1.07. The topological polar surface area (TPSA) is 64.3 Å². The van der Waals surface area contributed by atoms with Gasteiger partial charge < -0.3 is 15.8 Å². The zero-order valence-corrected chi connectivity index (χ0v) is 12.4. The number of ether oxygens (including phenoxy) is 1. The molecule has 4 nitrogen and oxygen atoms in total. The molecule has 2 rings (SSSR count). The summed E-state index contributed by atoms with van der Waals surface area (Å²) >= 11 is 3.36. The second kappa shape index (κ2) is 6.91. The number of halogens is 1. The Kier molecular flexibility index (Phi) is 5.22. The molecule has 104 valence electrons. The summed E-state index contributed by atoms with van der Waals surface area (Å²) in [5.74, 6) is 1.02. The lowest BCUT2D eigenvalue weighted by Gasteiger charge is -2.19. The van der Waals surface area contributed by atoms with E-state index in [1.54, 1.807) is 0 Å². The molecule has 1 aromatic carbocycles. The van der Waals surface area contributed by atoms with Crippen molar-refractivity contribution in [3.8, 4) is 5.75 Å². The van der Waals surface area contributed by atoms with Gasteiger partial charge in [0.2, 0.25) is 0 Å². The Morgan fingerprint density at radius 1 is 1.47 bits per heavy atom. The fraction of sp³-hybridized carbons (Fsp3) is 0.500. The maximum Gasteiger partial charge on any atom is 0.258 e. The highest BCUT2D eigenvalue weighted by Crippen LogP contribution is 2.24. The van der Waals surface area contributed by atoms with Crippen LogP contribution in [0.15, 0.2) is 28.7 Å². The van der Waals surface area contributed by atoms with Gasteiger partial charge in [0.25, 0.3) is 5.91 Å². The number of hydrogen-bond acceptors (Lipinski definition) is 3. The molecule has 0 saturated heterocycles. The minimum atomic E-state index is -0.0784. The van der Waals surface area contributed by atoms with Gasteiger partial charge in [-0.15, -0.1) is 0 Å². The Morgan fingerprint density at radius 3 is 3.05 bits per heavy atom. The quantitative estimate of drug-likeness (QED) is 0.870. The standard InChI is InChI=1S/C14H19BrN2O2/c15-11-4-2-5-12(7-11)19-9-14(18)17-13-6-1-3-10(13)8-16/h2,4-5,7,10,13H,1,3,6,8-9,16H2,(H,17,18). The summed E-state index contributed by atoms with van der Waals surface area (Å²) < 4.78 is 6.39. The summed E-state index contributed by atoms with van der Waals surface area (Å²) in [6.45, 7) is 0.682.